The summed E-state index contributed by atoms with van der Waals surface area (Å²) in [6.07, 6.45) is 1.94. The Morgan fingerprint density at radius 3 is 2.65 bits per heavy atom. The maximum Gasteiger partial charge on any atom is 0.242 e. The summed E-state index contributed by atoms with van der Waals surface area (Å²) in [5.74, 6) is 0.766. The van der Waals surface area contributed by atoms with Crippen LogP contribution in [0.1, 0.15) is 0 Å². The van der Waals surface area contributed by atoms with Gasteiger partial charge in [-0.1, -0.05) is 0 Å². The van der Waals surface area contributed by atoms with Crippen molar-refractivity contribution >= 4 is 43.4 Å². The minimum atomic E-state index is -3.43. The normalized spacial score (nSPS) is 12.0. The van der Waals surface area contributed by atoms with Gasteiger partial charge in [-0.15, -0.1) is 0 Å². The third-order valence-corrected chi connectivity index (χ3v) is 5.45. The van der Waals surface area contributed by atoms with Gasteiger partial charge in [0.15, 0.2) is 0 Å². The fourth-order valence-electron chi connectivity index (χ4n) is 1.20. The molecule has 0 amide bonds. The molecule has 0 saturated heterocycles. The molecule has 0 saturated carbocycles. The number of nitrogens with zero attached hydrogens (tertiary/aromatic N) is 1. The van der Waals surface area contributed by atoms with Gasteiger partial charge in [0.25, 0.3) is 0 Å². The molecule has 0 aliphatic carbocycles. The van der Waals surface area contributed by atoms with E-state index in [0.29, 0.717) is 16.7 Å². The molecule has 0 spiro atoms. The van der Waals surface area contributed by atoms with Crippen LogP contribution < -0.4 is 5.73 Å². The van der Waals surface area contributed by atoms with Crippen LogP contribution in [0.15, 0.2) is 27.6 Å². The number of nitrogens with two attached hydrogens (primary N) is 1. The first kappa shape index (κ1) is 14.8. The molecule has 0 aromatic heterocycles. The Labute approximate surface area is 115 Å². The van der Waals surface area contributed by atoms with Crippen molar-refractivity contribution in [1.29, 1.82) is 0 Å². The van der Waals surface area contributed by atoms with Crippen molar-refractivity contribution in [1.82, 2.24) is 4.31 Å². The van der Waals surface area contributed by atoms with E-state index in [-0.39, 0.29) is 4.90 Å². The summed E-state index contributed by atoms with van der Waals surface area (Å²) in [5.41, 5.74) is 6.10. The monoisotopic (exact) mass is 338 g/mol. The van der Waals surface area contributed by atoms with Crippen molar-refractivity contribution in [2.45, 2.75) is 4.90 Å². The second-order valence-electron chi connectivity index (χ2n) is 3.50. The zero-order chi connectivity index (χ0) is 13.1. The largest absolute Gasteiger partial charge is 0.398 e. The molecule has 96 valence electrons. The van der Waals surface area contributed by atoms with Crippen LogP contribution in [0.3, 0.4) is 0 Å². The van der Waals surface area contributed by atoms with E-state index in [1.54, 1.807) is 30.9 Å². The lowest BCUT2D eigenvalue weighted by Crippen LogP contribution is -2.29. The first-order valence-corrected chi connectivity index (χ1v) is 8.52. The highest BCUT2D eigenvalue weighted by atomic mass is 79.9. The molecule has 7 heteroatoms. The van der Waals surface area contributed by atoms with Gasteiger partial charge in [-0.2, -0.15) is 11.8 Å². The molecule has 0 bridgehead atoms. The summed E-state index contributed by atoms with van der Waals surface area (Å²) in [7, 11) is -1.86. The van der Waals surface area contributed by atoms with E-state index in [4.69, 9.17) is 5.73 Å². The molecule has 0 aliphatic rings. The maximum absolute atomic E-state index is 12.1. The molecule has 0 fully saturated rings. The van der Waals surface area contributed by atoms with Gasteiger partial charge >= 0.3 is 0 Å². The molecule has 17 heavy (non-hydrogen) atoms. The van der Waals surface area contributed by atoms with Crippen molar-refractivity contribution < 1.29 is 8.42 Å². The molecule has 1 aromatic carbocycles. The average molecular weight is 339 g/mol. The molecule has 2 N–H and O–H groups in total. The molecule has 0 aliphatic heterocycles. The van der Waals surface area contributed by atoms with Crippen molar-refractivity contribution in [3.63, 3.8) is 0 Å². The third-order valence-electron chi connectivity index (χ3n) is 2.29. The molecule has 0 radical (unpaired) electrons. The van der Waals surface area contributed by atoms with Crippen molar-refractivity contribution in [3.8, 4) is 0 Å². The van der Waals surface area contributed by atoms with Gasteiger partial charge in [0, 0.05) is 29.5 Å². The van der Waals surface area contributed by atoms with Crippen molar-refractivity contribution in [2.75, 3.05) is 31.3 Å². The Hall–Kier alpha value is -0.240. The molecular formula is C10H15BrN2O2S2. The Morgan fingerprint density at radius 2 is 2.12 bits per heavy atom. The molecule has 4 nitrogen and oxygen atoms in total. The Kier molecular flexibility index (Phi) is 5.30. The van der Waals surface area contributed by atoms with Gasteiger partial charge in [0.2, 0.25) is 10.0 Å². The second kappa shape index (κ2) is 6.08. The molecule has 0 heterocycles. The van der Waals surface area contributed by atoms with E-state index in [0.717, 1.165) is 5.75 Å². The Balaban J connectivity index is 3.00. The lowest BCUT2D eigenvalue weighted by Gasteiger charge is -2.17. The fourth-order valence-corrected chi connectivity index (χ4v) is 3.23. The number of hydrogen-bond acceptors (Lipinski definition) is 4. The van der Waals surface area contributed by atoms with Gasteiger partial charge < -0.3 is 5.73 Å². The zero-order valence-corrected chi connectivity index (χ0v) is 12.9. The predicted molar refractivity (Wildman–Crippen MR) is 76.8 cm³/mol. The van der Waals surface area contributed by atoms with E-state index >= 15 is 0 Å². The van der Waals surface area contributed by atoms with Gasteiger partial charge in [-0.05, 0) is 40.4 Å². The molecule has 1 rings (SSSR count). The van der Waals surface area contributed by atoms with E-state index in [9.17, 15) is 8.42 Å². The minimum absolute atomic E-state index is 0.224. The quantitative estimate of drug-likeness (QED) is 0.834. The zero-order valence-electron chi connectivity index (χ0n) is 9.68. The molecular weight excluding hydrogens is 324 g/mol. The van der Waals surface area contributed by atoms with Crippen molar-refractivity contribution in [3.05, 3.63) is 22.7 Å². The summed E-state index contributed by atoms with van der Waals surface area (Å²) in [5, 5.41) is 0. The lowest BCUT2D eigenvalue weighted by atomic mass is 10.3. The van der Waals surface area contributed by atoms with Crippen LogP contribution in [0.4, 0.5) is 5.69 Å². The smallest absolute Gasteiger partial charge is 0.242 e. The van der Waals surface area contributed by atoms with Crippen molar-refractivity contribution in [2.24, 2.45) is 0 Å². The SMILES string of the molecule is CSCCN(C)S(=O)(=O)c1ccc(Br)c(N)c1. The summed E-state index contributed by atoms with van der Waals surface area (Å²) in [6.45, 7) is 0.486. The summed E-state index contributed by atoms with van der Waals surface area (Å²) < 4.78 is 26.3. The number of thioether (sulfide) groups is 1. The summed E-state index contributed by atoms with van der Waals surface area (Å²) in [6, 6.07) is 4.66. The topological polar surface area (TPSA) is 63.4 Å². The minimum Gasteiger partial charge on any atom is -0.398 e. The van der Waals surface area contributed by atoms with Gasteiger partial charge in [0.1, 0.15) is 0 Å². The van der Waals surface area contributed by atoms with E-state index in [1.807, 2.05) is 6.26 Å². The van der Waals surface area contributed by atoms with E-state index < -0.39 is 10.0 Å². The van der Waals surface area contributed by atoms with E-state index in [2.05, 4.69) is 15.9 Å². The molecule has 1 aromatic rings. The standard InChI is InChI=1S/C10H15BrN2O2S2/c1-13(5-6-16-2)17(14,15)8-3-4-9(11)10(12)7-8/h3-4,7H,5-6,12H2,1-2H3. The molecule has 0 unspecified atom stereocenters. The number of sulfonamides is 1. The van der Waals surface area contributed by atoms with Gasteiger partial charge in [-0.25, -0.2) is 12.7 Å². The van der Waals surface area contributed by atoms with Gasteiger partial charge in [0.05, 0.1) is 4.90 Å². The first-order chi connectivity index (χ1) is 7.89. The summed E-state index contributed by atoms with van der Waals surface area (Å²) in [4.78, 5) is 0.224. The second-order valence-corrected chi connectivity index (χ2v) is 7.39. The van der Waals surface area contributed by atoms with E-state index in [1.165, 1.54) is 10.4 Å². The molecule has 0 atom stereocenters. The number of rotatable bonds is 5. The van der Waals surface area contributed by atoms with Crippen LogP contribution >= 0.6 is 27.7 Å². The fraction of sp³-hybridized carbons (Fsp3) is 0.400. The summed E-state index contributed by atoms with van der Waals surface area (Å²) >= 11 is 4.85. The van der Waals surface area contributed by atoms with Crippen LogP contribution in [0, 0.1) is 0 Å². The Morgan fingerprint density at radius 1 is 1.47 bits per heavy atom. The predicted octanol–water partition coefficient (Wildman–Crippen LogP) is 2.01. The maximum atomic E-state index is 12.1. The number of halogens is 1. The highest BCUT2D eigenvalue weighted by Gasteiger charge is 2.20. The van der Waals surface area contributed by atoms with Gasteiger partial charge in [-0.3, -0.25) is 0 Å². The number of anilines is 1. The van der Waals surface area contributed by atoms with Crippen LogP contribution in [-0.4, -0.2) is 38.3 Å². The van der Waals surface area contributed by atoms with Crippen LogP contribution in [0.25, 0.3) is 0 Å². The number of nitrogen functional groups attached to an aromatic ring is 1. The first-order valence-electron chi connectivity index (χ1n) is 4.90. The highest BCUT2D eigenvalue weighted by molar-refractivity contribution is 9.10. The number of benzene rings is 1. The lowest BCUT2D eigenvalue weighted by molar-refractivity contribution is 0.488. The van der Waals surface area contributed by atoms with Crippen LogP contribution in [-0.2, 0) is 10.0 Å². The van der Waals surface area contributed by atoms with Crippen LogP contribution in [0.5, 0.6) is 0 Å². The third kappa shape index (κ3) is 3.61. The Bertz CT molecular complexity index is 491. The average Bonchev–Trinajstić information content (AvgIpc) is 2.29. The number of hydrogen-bond donors (Lipinski definition) is 1. The highest BCUT2D eigenvalue weighted by Crippen LogP contribution is 2.24. The van der Waals surface area contributed by atoms with Crippen LogP contribution in [0.2, 0.25) is 0 Å².